The van der Waals surface area contributed by atoms with Gasteiger partial charge in [0.05, 0.1) is 0 Å². The molecule has 2 aliphatic heterocycles. The molecule has 0 bridgehead atoms. The number of carbonyl (C=O) groups excluding carboxylic acids is 4. The van der Waals surface area contributed by atoms with Gasteiger partial charge >= 0.3 is 23.7 Å². The van der Waals surface area contributed by atoms with Crippen molar-refractivity contribution in [3.05, 3.63) is 70.8 Å². The zero-order chi connectivity index (χ0) is 45.1. The largest absolute Gasteiger partial charge is 0.314 e. The maximum absolute atomic E-state index is 15.6. The Morgan fingerprint density at radius 2 is 0.710 bits per heavy atom. The number of halogens is 8. The molecule has 0 spiro atoms. The molecule has 0 N–H and O–H groups in total. The number of carbonyl (C=O) groups is 4. The number of nitrogens with zero attached hydrogens (tertiary/aromatic N) is 2. The molecule has 0 saturated heterocycles. The Kier molecular flexibility index (Phi) is 12.1. The molecule has 0 radical (unpaired) electrons. The number of rotatable bonds is 20. The normalized spacial score (nSPS) is 16.3. The van der Waals surface area contributed by atoms with Crippen molar-refractivity contribution in [2.75, 3.05) is 13.1 Å². The predicted molar refractivity (Wildman–Crippen MR) is 223 cm³/mol. The first-order valence-corrected chi connectivity index (χ1v) is 21.7. The monoisotopic (exact) mass is 870 g/mol. The molecule has 5 aromatic carbocycles. The predicted octanol–water partition coefficient (Wildman–Crippen LogP) is 13.5. The number of fused-ring (bicyclic) bond motifs is 2. The zero-order valence-electron chi connectivity index (χ0n) is 35.2. The zero-order valence-corrected chi connectivity index (χ0v) is 35.2. The van der Waals surface area contributed by atoms with Gasteiger partial charge in [-0.05, 0) is 69.4 Å². The summed E-state index contributed by atoms with van der Waals surface area (Å²) in [4.78, 5) is 58.0. The van der Waals surface area contributed by atoms with Gasteiger partial charge in [-0.25, -0.2) is 0 Å². The topological polar surface area (TPSA) is 74.8 Å². The molecule has 14 heteroatoms. The second-order valence-electron chi connectivity index (χ2n) is 17.0. The lowest BCUT2D eigenvalue weighted by Crippen LogP contribution is -2.52. The first kappa shape index (κ1) is 45.2. The summed E-state index contributed by atoms with van der Waals surface area (Å²) in [6, 6.07) is 12.2. The van der Waals surface area contributed by atoms with E-state index in [0.29, 0.717) is 67.8 Å². The lowest BCUT2D eigenvalue weighted by atomic mass is 9.81. The average molecular weight is 871 g/mol. The molecule has 62 heavy (non-hydrogen) atoms. The summed E-state index contributed by atoms with van der Waals surface area (Å²) in [7, 11) is 0. The Morgan fingerprint density at radius 3 is 0.968 bits per heavy atom. The van der Waals surface area contributed by atoms with Crippen molar-refractivity contribution >= 4 is 66.7 Å². The molecule has 0 aromatic heterocycles. The van der Waals surface area contributed by atoms with Crippen LogP contribution >= 0.6 is 0 Å². The van der Waals surface area contributed by atoms with Crippen LogP contribution in [-0.4, -0.2) is 70.2 Å². The third-order valence-corrected chi connectivity index (χ3v) is 13.3. The number of unbranched alkanes of at least 4 members (excludes halogenated alkanes) is 6. The highest BCUT2D eigenvalue weighted by Crippen LogP contribution is 2.50. The van der Waals surface area contributed by atoms with Crippen molar-refractivity contribution in [2.45, 2.75) is 128 Å². The van der Waals surface area contributed by atoms with Gasteiger partial charge in [0, 0.05) is 70.8 Å². The van der Waals surface area contributed by atoms with E-state index in [1.54, 1.807) is 24.3 Å². The van der Waals surface area contributed by atoms with E-state index in [1.165, 1.54) is 24.3 Å². The summed E-state index contributed by atoms with van der Waals surface area (Å²) in [6.45, 7) is 3.92. The smallest absolute Gasteiger partial charge is 0.274 e. The van der Waals surface area contributed by atoms with Crippen LogP contribution in [0.2, 0.25) is 0 Å². The molecule has 0 saturated carbocycles. The third kappa shape index (κ3) is 7.07. The molecule has 7 rings (SSSR count). The first-order chi connectivity index (χ1) is 29.3. The van der Waals surface area contributed by atoms with Crippen LogP contribution in [0.15, 0.2) is 48.5 Å². The van der Waals surface area contributed by atoms with E-state index in [1.807, 2.05) is 13.8 Å². The summed E-state index contributed by atoms with van der Waals surface area (Å²) >= 11 is 0. The van der Waals surface area contributed by atoms with Gasteiger partial charge in [-0.3, -0.25) is 29.0 Å². The number of alkyl halides is 8. The van der Waals surface area contributed by atoms with Gasteiger partial charge in [0.1, 0.15) is 0 Å². The van der Waals surface area contributed by atoms with E-state index >= 15 is 17.6 Å². The number of hydrogen-bond acceptors (Lipinski definition) is 4. The Labute approximate surface area is 354 Å². The van der Waals surface area contributed by atoms with Crippen molar-refractivity contribution in [3.8, 4) is 0 Å². The average Bonchev–Trinajstić information content (AvgIpc) is 3.25. The highest BCUT2D eigenvalue weighted by molar-refractivity contribution is 6.41. The van der Waals surface area contributed by atoms with E-state index in [9.17, 15) is 36.7 Å². The fraction of sp³-hybridized carbons (Fsp3) is 0.500. The lowest BCUT2D eigenvalue weighted by molar-refractivity contribution is -0.239. The lowest BCUT2D eigenvalue weighted by Gasteiger charge is -2.37. The first-order valence-electron chi connectivity index (χ1n) is 21.7. The fourth-order valence-electron chi connectivity index (χ4n) is 9.62. The van der Waals surface area contributed by atoms with Gasteiger partial charge in [0.25, 0.3) is 23.6 Å². The molecule has 0 fully saturated rings. The van der Waals surface area contributed by atoms with Crippen LogP contribution < -0.4 is 0 Å². The van der Waals surface area contributed by atoms with Crippen LogP contribution in [0.5, 0.6) is 0 Å². The highest BCUT2D eigenvalue weighted by atomic mass is 19.3. The third-order valence-electron chi connectivity index (χ3n) is 13.3. The van der Waals surface area contributed by atoms with Crippen LogP contribution in [0.1, 0.15) is 146 Å². The summed E-state index contributed by atoms with van der Waals surface area (Å²) in [5, 5.41) is 3.49. The van der Waals surface area contributed by atoms with E-state index in [0.717, 1.165) is 26.7 Å². The fourth-order valence-corrected chi connectivity index (χ4v) is 9.62. The van der Waals surface area contributed by atoms with E-state index in [-0.39, 0.29) is 58.7 Å². The van der Waals surface area contributed by atoms with Crippen LogP contribution in [-0.2, 0) is 0 Å². The molecule has 2 aliphatic rings. The van der Waals surface area contributed by atoms with Crippen molar-refractivity contribution in [1.29, 1.82) is 0 Å². The maximum atomic E-state index is 15.6. The van der Waals surface area contributed by atoms with Gasteiger partial charge < -0.3 is 0 Å². The molecular formula is C48H50F8N2O4. The van der Waals surface area contributed by atoms with E-state index in [2.05, 4.69) is 0 Å². The van der Waals surface area contributed by atoms with Crippen molar-refractivity contribution < 1.29 is 54.3 Å². The molecule has 0 aliphatic carbocycles. The SMILES string of the molecule is CCCCCCC(CN1C(=O)c2ccc3c4ccc5c6c(ccc(c7ccc(c2c37)C1=O)c64)C(=O)N(CC(CCCCCC)C(F)(F)C(F)(F)CC)C5=O)C(F)(F)C(F)(F)CC. The minimum Gasteiger partial charge on any atom is -0.274 e. The Bertz CT molecular complexity index is 2280. The van der Waals surface area contributed by atoms with Gasteiger partial charge in [-0.15, -0.1) is 0 Å². The van der Waals surface area contributed by atoms with E-state index < -0.39 is 85.1 Å². The minimum absolute atomic E-state index is 0.0141. The summed E-state index contributed by atoms with van der Waals surface area (Å²) in [5.74, 6) is -25.4. The van der Waals surface area contributed by atoms with Crippen LogP contribution in [0.25, 0.3) is 43.1 Å². The number of imide groups is 2. The molecule has 332 valence electrons. The minimum atomic E-state index is -4.51. The van der Waals surface area contributed by atoms with E-state index in [4.69, 9.17) is 0 Å². The molecule has 2 heterocycles. The quantitative estimate of drug-likeness (QED) is 0.0257. The molecule has 6 nitrogen and oxygen atoms in total. The molecule has 2 unspecified atom stereocenters. The van der Waals surface area contributed by atoms with Gasteiger partial charge in [0.2, 0.25) is 0 Å². The van der Waals surface area contributed by atoms with Crippen molar-refractivity contribution in [1.82, 2.24) is 9.80 Å². The Hall–Kier alpha value is -4.88. The summed E-state index contributed by atoms with van der Waals surface area (Å²) in [5.41, 5.74) is 0.0565. The number of benzene rings is 5. The molecule has 2 atom stereocenters. The maximum Gasteiger partial charge on any atom is 0.314 e. The van der Waals surface area contributed by atoms with Crippen LogP contribution in [0.4, 0.5) is 35.1 Å². The van der Waals surface area contributed by atoms with Crippen molar-refractivity contribution in [3.63, 3.8) is 0 Å². The van der Waals surface area contributed by atoms with Crippen LogP contribution in [0, 0.1) is 11.8 Å². The highest BCUT2D eigenvalue weighted by Gasteiger charge is 2.61. The summed E-state index contributed by atoms with van der Waals surface area (Å²) < 4.78 is 122. The number of hydrogen-bond donors (Lipinski definition) is 0. The van der Waals surface area contributed by atoms with Crippen LogP contribution in [0.3, 0.4) is 0 Å². The number of amides is 4. The molecule has 4 amide bonds. The van der Waals surface area contributed by atoms with Gasteiger partial charge in [0.15, 0.2) is 0 Å². The van der Waals surface area contributed by atoms with Gasteiger partial charge in [-0.1, -0.05) is 103 Å². The van der Waals surface area contributed by atoms with Gasteiger partial charge in [-0.2, -0.15) is 35.1 Å². The Balaban J connectivity index is 1.29. The second-order valence-corrected chi connectivity index (χ2v) is 17.0. The summed E-state index contributed by atoms with van der Waals surface area (Å²) in [6.07, 6.45) is 1.53. The van der Waals surface area contributed by atoms with Crippen molar-refractivity contribution in [2.24, 2.45) is 11.8 Å². The standard InChI is InChI=1S/C48H50F8N2O4/c1-5-9-11-13-15-27(47(53,54)45(49,50)7-3)25-57-41(59)33-21-17-29-31-19-23-35-40-36(24-20-32(38(31)40)30-18-22-34(42(57)60)39(33)37(29)30)44(62)58(43(35)61)26-28(16-14-12-10-6-2)48(55,56)46(51,52)8-4/h17-24,27-28H,5-16,25-26H2,1-4H3. The molecular weight excluding hydrogens is 821 g/mol. The second kappa shape index (κ2) is 16.7. The molecule has 5 aromatic rings. The Morgan fingerprint density at radius 1 is 0.419 bits per heavy atom.